The van der Waals surface area contributed by atoms with E-state index in [-0.39, 0.29) is 39.8 Å². The molecular weight excluding hydrogens is 408 g/mol. The van der Waals surface area contributed by atoms with Crippen molar-refractivity contribution in [2.75, 3.05) is 0 Å². The number of carbonyl (C=O) groups is 1. The van der Waals surface area contributed by atoms with Crippen molar-refractivity contribution in [2.24, 2.45) is 56.2 Å². The second-order valence-electron chi connectivity index (χ2n) is 15.5. The summed E-state index contributed by atoms with van der Waals surface area (Å²) in [7, 11) is 0. The molecule has 0 aromatic heterocycles. The number of aliphatic hydroxyl groups excluding tert-OH is 1. The molecule has 2 bridgehead atoms. The minimum absolute atomic E-state index is 0.00939. The fraction of sp³-hybridized carbons (Fsp3) is 0.967. The van der Waals surface area contributed by atoms with Crippen LogP contribution in [0.4, 0.5) is 0 Å². The van der Waals surface area contributed by atoms with Crippen LogP contribution in [0.25, 0.3) is 0 Å². The Morgan fingerprint density at radius 3 is 2.18 bits per heavy atom. The number of rotatable bonds is 0. The maximum absolute atomic E-state index is 13.3. The Bertz CT molecular complexity index is 876. The van der Waals surface area contributed by atoms with Gasteiger partial charge in [-0.1, -0.05) is 48.5 Å². The number of hydrogen-bond acceptors (Lipinski definition) is 3. The Labute approximate surface area is 201 Å². The summed E-state index contributed by atoms with van der Waals surface area (Å²) < 4.78 is 6.28. The van der Waals surface area contributed by atoms with Gasteiger partial charge in [0.25, 0.3) is 0 Å². The normalized spacial score (nSPS) is 58.4. The van der Waals surface area contributed by atoms with E-state index < -0.39 is 0 Å². The first kappa shape index (κ1) is 22.9. The van der Waals surface area contributed by atoms with Gasteiger partial charge >= 0.3 is 5.97 Å². The van der Waals surface area contributed by atoms with Crippen LogP contribution >= 0.6 is 0 Å². The molecule has 0 unspecified atom stereocenters. The summed E-state index contributed by atoms with van der Waals surface area (Å²) >= 11 is 0. The summed E-state index contributed by atoms with van der Waals surface area (Å²) in [5.74, 6) is 2.50. The van der Waals surface area contributed by atoms with Crippen LogP contribution in [0.3, 0.4) is 0 Å². The molecule has 5 aliphatic carbocycles. The van der Waals surface area contributed by atoms with E-state index in [0.717, 1.165) is 31.6 Å². The summed E-state index contributed by atoms with van der Waals surface area (Å²) in [5.41, 5.74) is 0.823. The van der Waals surface area contributed by atoms with Gasteiger partial charge in [0, 0.05) is 11.3 Å². The van der Waals surface area contributed by atoms with E-state index in [1.807, 2.05) is 0 Å². The molecule has 10 atom stereocenters. The number of hydrogen-bond donors (Lipinski definition) is 1. The highest BCUT2D eigenvalue weighted by Gasteiger charge is 2.75. The number of carbonyl (C=O) groups excluding carboxylic acids is 1. The average Bonchev–Trinajstić information content (AvgIpc) is 2.99. The van der Waals surface area contributed by atoms with Crippen molar-refractivity contribution in [3.05, 3.63) is 0 Å². The molecule has 6 aliphatic rings. The lowest BCUT2D eigenvalue weighted by atomic mass is 9.31. The van der Waals surface area contributed by atoms with Crippen LogP contribution in [0.15, 0.2) is 0 Å². The summed E-state index contributed by atoms with van der Waals surface area (Å²) in [4.78, 5) is 13.3. The Hall–Kier alpha value is -0.570. The monoisotopic (exact) mass is 456 g/mol. The van der Waals surface area contributed by atoms with Gasteiger partial charge in [-0.05, 0) is 104 Å². The van der Waals surface area contributed by atoms with Gasteiger partial charge < -0.3 is 9.84 Å². The lowest BCUT2D eigenvalue weighted by Gasteiger charge is -2.73. The molecule has 0 aromatic carbocycles. The van der Waals surface area contributed by atoms with Crippen LogP contribution < -0.4 is 0 Å². The van der Waals surface area contributed by atoms with Gasteiger partial charge in [0.1, 0.15) is 6.10 Å². The van der Waals surface area contributed by atoms with Gasteiger partial charge in [-0.25, -0.2) is 0 Å². The number of aliphatic hydroxyl groups is 1. The first-order valence-electron chi connectivity index (χ1n) is 14.1. The van der Waals surface area contributed by atoms with Crippen LogP contribution in [0.2, 0.25) is 0 Å². The second-order valence-corrected chi connectivity index (χ2v) is 15.5. The van der Waals surface area contributed by atoms with Gasteiger partial charge in [-0.3, -0.25) is 4.79 Å². The Morgan fingerprint density at radius 1 is 0.758 bits per heavy atom. The highest BCUT2D eigenvalue weighted by atomic mass is 16.6. The molecule has 0 radical (unpaired) electrons. The molecule has 1 heterocycles. The van der Waals surface area contributed by atoms with Crippen molar-refractivity contribution in [2.45, 2.75) is 125 Å². The quantitative estimate of drug-likeness (QED) is 0.409. The highest BCUT2D eigenvalue weighted by Crippen LogP contribution is 2.78. The van der Waals surface area contributed by atoms with Crippen LogP contribution in [-0.4, -0.2) is 23.3 Å². The molecule has 186 valence electrons. The standard InChI is InChI=1S/C30H48O3/c1-25(2)14-16-30-17-15-28(6)18(22(30)23(25)33-24(30)32)8-9-20-27(5)12-11-21(31)26(3,4)19(27)10-13-29(20,28)7/h18-23,31H,8-17H2,1-7H3/t18-,19-,20-,21-,22-,23-,27+,28-,29-,30-/m1/s1. The number of esters is 1. The Morgan fingerprint density at radius 2 is 1.45 bits per heavy atom. The predicted octanol–water partition coefficient (Wildman–Crippen LogP) is 6.76. The Balaban J connectivity index is 1.41. The van der Waals surface area contributed by atoms with Gasteiger partial charge in [0.05, 0.1) is 11.5 Å². The van der Waals surface area contributed by atoms with E-state index in [0.29, 0.717) is 28.6 Å². The zero-order chi connectivity index (χ0) is 23.8. The third kappa shape index (κ3) is 2.45. The van der Waals surface area contributed by atoms with Gasteiger partial charge in [0.15, 0.2) is 0 Å². The topological polar surface area (TPSA) is 46.5 Å². The minimum atomic E-state index is -0.189. The van der Waals surface area contributed by atoms with E-state index in [1.54, 1.807) is 0 Å². The molecule has 0 amide bonds. The molecule has 1 N–H and O–H groups in total. The van der Waals surface area contributed by atoms with E-state index in [9.17, 15) is 9.90 Å². The minimum Gasteiger partial charge on any atom is -0.461 e. The molecule has 33 heavy (non-hydrogen) atoms. The third-order valence-electron chi connectivity index (χ3n) is 14.0. The van der Waals surface area contributed by atoms with Crippen LogP contribution in [0.5, 0.6) is 0 Å². The fourth-order valence-corrected chi connectivity index (χ4v) is 11.8. The maximum Gasteiger partial charge on any atom is 0.312 e. The SMILES string of the molecule is CC1(C)CC[C@@]23CC[C@]4(C)[C@H](CC[C@@H]5[C@@]6(C)CC[C@@H](O)C(C)(C)[C@H]6CC[C@]54C)[C@@H]2[C@H]1OC3=O. The van der Waals surface area contributed by atoms with E-state index in [1.165, 1.54) is 38.5 Å². The number of fused-ring (bicyclic) bond motifs is 5. The molecule has 0 aromatic rings. The third-order valence-corrected chi connectivity index (χ3v) is 14.0. The van der Waals surface area contributed by atoms with Crippen LogP contribution in [0.1, 0.15) is 113 Å². The summed E-state index contributed by atoms with van der Waals surface area (Å²) in [6.45, 7) is 17.3. The predicted molar refractivity (Wildman–Crippen MR) is 130 cm³/mol. The smallest absolute Gasteiger partial charge is 0.312 e. The van der Waals surface area contributed by atoms with Crippen LogP contribution in [-0.2, 0) is 9.53 Å². The lowest BCUT2D eigenvalue weighted by molar-refractivity contribution is -0.252. The molecule has 1 aliphatic heterocycles. The van der Waals surface area contributed by atoms with Crippen molar-refractivity contribution in [3.8, 4) is 0 Å². The molecule has 6 fully saturated rings. The second kappa shape index (κ2) is 6.40. The largest absolute Gasteiger partial charge is 0.461 e. The zero-order valence-electron chi connectivity index (χ0n) is 22.3. The average molecular weight is 457 g/mol. The summed E-state index contributed by atoms with van der Waals surface area (Å²) in [6, 6.07) is 0. The van der Waals surface area contributed by atoms with E-state index in [4.69, 9.17) is 4.74 Å². The Kier molecular flexibility index (Phi) is 4.44. The van der Waals surface area contributed by atoms with Crippen molar-refractivity contribution in [1.29, 1.82) is 0 Å². The molecular formula is C30H48O3. The van der Waals surface area contributed by atoms with Gasteiger partial charge in [-0.2, -0.15) is 0 Å². The molecule has 1 saturated heterocycles. The first-order valence-corrected chi connectivity index (χ1v) is 14.1. The molecule has 3 heteroatoms. The van der Waals surface area contributed by atoms with Crippen LogP contribution in [0, 0.1) is 56.2 Å². The van der Waals surface area contributed by atoms with E-state index in [2.05, 4.69) is 48.5 Å². The first-order chi connectivity index (χ1) is 15.2. The lowest BCUT2D eigenvalue weighted by Crippen LogP contribution is -2.67. The van der Waals surface area contributed by atoms with E-state index >= 15 is 0 Å². The van der Waals surface area contributed by atoms with Crippen molar-refractivity contribution in [1.82, 2.24) is 0 Å². The van der Waals surface area contributed by atoms with Crippen molar-refractivity contribution in [3.63, 3.8) is 0 Å². The van der Waals surface area contributed by atoms with Gasteiger partial charge in [0.2, 0.25) is 0 Å². The van der Waals surface area contributed by atoms with Crippen molar-refractivity contribution < 1.29 is 14.6 Å². The molecule has 0 spiro atoms. The molecule has 6 rings (SSSR count). The molecule has 5 saturated carbocycles. The summed E-state index contributed by atoms with van der Waals surface area (Å²) in [6.07, 6.45) is 11.6. The van der Waals surface area contributed by atoms with Gasteiger partial charge in [-0.15, -0.1) is 0 Å². The zero-order valence-corrected chi connectivity index (χ0v) is 22.3. The fourth-order valence-electron chi connectivity index (χ4n) is 11.8. The van der Waals surface area contributed by atoms with Crippen molar-refractivity contribution >= 4 is 5.97 Å². The summed E-state index contributed by atoms with van der Waals surface area (Å²) in [5, 5.41) is 10.9. The molecule has 3 nitrogen and oxygen atoms in total. The number of ether oxygens (including phenoxy) is 1. The highest BCUT2D eigenvalue weighted by molar-refractivity contribution is 5.81. The maximum atomic E-state index is 13.3.